The van der Waals surface area contributed by atoms with Crippen molar-refractivity contribution in [3.05, 3.63) is 57.3 Å². The van der Waals surface area contributed by atoms with E-state index in [0.29, 0.717) is 29.3 Å². The second-order valence-electron chi connectivity index (χ2n) is 4.76. The van der Waals surface area contributed by atoms with Crippen molar-refractivity contribution >= 4 is 5.69 Å². The lowest BCUT2D eigenvalue weighted by Gasteiger charge is -2.12. The van der Waals surface area contributed by atoms with Gasteiger partial charge in [0.2, 0.25) is 5.88 Å². The second kappa shape index (κ2) is 6.32. The number of hydrogen-bond acceptors (Lipinski definition) is 5. The lowest BCUT2D eigenvalue weighted by Crippen LogP contribution is -2.07. The summed E-state index contributed by atoms with van der Waals surface area (Å²) in [6.07, 6.45) is 1.65. The van der Waals surface area contributed by atoms with Gasteiger partial charge >= 0.3 is 0 Å². The largest absolute Gasteiger partial charge is 0.438 e. The number of benzene rings is 1. The first kappa shape index (κ1) is 14.9. The molecule has 0 saturated heterocycles. The highest BCUT2D eigenvalue weighted by atomic mass is 16.6. The van der Waals surface area contributed by atoms with E-state index in [1.54, 1.807) is 26.1 Å². The molecule has 0 amide bonds. The van der Waals surface area contributed by atoms with Crippen LogP contribution < -0.4 is 10.1 Å². The molecule has 6 nitrogen and oxygen atoms in total. The molecule has 2 rings (SSSR count). The maximum atomic E-state index is 10.9. The summed E-state index contributed by atoms with van der Waals surface area (Å²) < 4.78 is 5.83. The van der Waals surface area contributed by atoms with Crippen LogP contribution in [0, 0.1) is 24.0 Å². The topological polar surface area (TPSA) is 77.3 Å². The standard InChI is InChI=1S/C15H17N3O3/c1-10-8-14(11(2)7-13(10)18(19)20)21-15-12(9-16-3)5-4-6-17-15/h4-8,16H,9H2,1-3H3. The van der Waals surface area contributed by atoms with E-state index in [-0.39, 0.29) is 10.6 Å². The van der Waals surface area contributed by atoms with Gasteiger partial charge in [-0.3, -0.25) is 10.1 Å². The third-order valence-electron chi connectivity index (χ3n) is 3.11. The Kier molecular flexibility index (Phi) is 4.49. The number of nitrogens with one attached hydrogen (secondary N) is 1. The van der Waals surface area contributed by atoms with Crippen LogP contribution in [-0.4, -0.2) is 17.0 Å². The van der Waals surface area contributed by atoms with Gasteiger partial charge in [0.1, 0.15) is 5.75 Å². The number of aryl methyl sites for hydroxylation is 2. The Hall–Kier alpha value is -2.47. The van der Waals surface area contributed by atoms with Gasteiger partial charge in [-0.15, -0.1) is 0 Å². The molecule has 0 unspecified atom stereocenters. The molecule has 21 heavy (non-hydrogen) atoms. The number of nitro benzene ring substituents is 1. The molecule has 110 valence electrons. The molecule has 0 spiro atoms. The van der Waals surface area contributed by atoms with Crippen LogP contribution in [0.25, 0.3) is 0 Å². The molecule has 0 bridgehead atoms. The quantitative estimate of drug-likeness (QED) is 0.675. The minimum absolute atomic E-state index is 0.0938. The molecule has 0 atom stereocenters. The molecule has 1 aromatic heterocycles. The van der Waals surface area contributed by atoms with Gasteiger partial charge in [-0.2, -0.15) is 0 Å². The zero-order chi connectivity index (χ0) is 15.4. The van der Waals surface area contributed by atoms with Crippen LogP contribution in [0.3, 0.4) is 0 Å². The molecule has 2 aromatic rings. The van der Waals surface area contributed by atoms with E-state index in [4.69, 9.17) is 4.74 Å². The van der Waals surface area contributed by atoms with Gasteiger partial charge in [-0.1, -0.05) is 6.07 Å². The molecule has 0 aliphatic rings. The fourth-order valence-corrected chi connectivity index (χ4v) is 2.03. The van der Waals surface area contributed by atoms with Crippen LogP contribution in [0.1, 0.15) is 16.7 Å². The van der Waals surface area contributed by atoms with Gasteiger partial charge < -0.3 is 10.1 Å². The predicted octanol–water partition coefficient (Wildman–Crippen LogP) is 3.12. The molecule has 0 fully saturated rings. The van der Waals surface area contributed by atoms with Gasteiger partial charge in [0, 0.05) is 29.9 Å². The van der Waals surface area contributed by atoms with E-state index in [9.17, 15) is 10.1 Å². The van der Waals surface area contributed by atoms with Crippen molar-refractivity contribution < 1.29 is 9.66 Å². The van der Waals surface area contributed by atoms with Gasteiger partial charge in [-0.25, -0.2) is 4.98 Å². The molecule has 0 aliphatic heterocycles. The number of pyridine rings is 1. The molecule has 0 radical (unpaired) electrons. The maximum Gasteiger partial charge on any atom is 0.272 e. The Labute approximate surface area is 122 Å². The first-order valence-electron chi connectivity index (χ1n) is 6.55. The summed E-state index contributed by atoms with van der Waals surface area (Å²) in [5.74, 6) is 1.08. The number of aromatic nitrogens is 1. The van der Waals surface area contributed by atoms with Gasteiger partial charge in [0.05, 0.1) is 4.92 Å². The number of rotatable bonds is 5. The van der Waals surface area contributed by atoms with Crippen LogP contribution in [0.15, 0.2) is 30.5 Å². The lowest BCUT2D eigenvalue weighted by atomic mass is 10.1. The Bertz CT molecular complexity index is 671. The molecular weight excluding hydrogens is 270 g/mol. The minimum atomic E-state index is -0.390. The fraction of sp³-hybridized carbons (Fsp3) is 0.267. The molecule has 6 heteroatoms. The summed E-state index contributed by atoms with van der Waals surface area (Å²) in [5, 5.41) is 14.0. The first-order valence-corrected chi connectivity index (χ1v) is 6.55. The monoisotopic (exact) mass is 287 g/mol. The summed E-state index contributed by atoms with van der Waals surface area (Å²) >= 11 is 0. The van der Waals surface area contributed by atoms with E-state index in [2.05, 4.69) is 10.3 Å². The van der Waals surface area contributed by atoms with Gasteiger partial charge in [-0.05, 0) is 38.6 Å². The van der Waals surface area contributed by atoms with Crippen LogP contribution in [0.5, 0.6) is 11.6 Å². The van der Waals surface area contributed by atoms with Gasteiger partial charge in [0.25, 0.3) is 5.69 Å². The molecule has 1 aromatic carbocycles. The number of ether oxygens (including phenoxy) is 1. The zero-order valence-electron chi connectivity index (χ0n) is 12.2. The molecule has 0 saturated carbocycles. The van der Waals surface area contributed by atoms with Gasteiger partial charge in [0.15, 0.2) is 0 Å². The van der Waals surface area contributed by atoms with Crippen molar-refractivity contribution in [2.24, 2.45) is 0 Å². The SMILES string of the molecule is CNCc1cccnc1Oc1cc(C)c([N+](=O)[O-])cc1C. The molecule has 1 heterocycles. The van der Waals surface area contributed by atoms with Crippen molar-refractivity contribution in [3.8, 4) is 11.6 Å². The molecular formula is C15H17N3O3. The Morgan fingerprint density at radius 1 is 1.33 bits per heavy atom. The number of nitrogens with zero attached hydrogens (tertiary/aromatic N) is 2. The number of nitro groups is 1. The highest BCUT2D eigenvalue weighted by Crippen LogP contribution is 2.31. The Morgan fingerprint density at radius 2 is 2.10 bits per heavy atom. The third-order valence-corrected chi connectivity index (χ3v) is 3.11. The Morgan fingerprint density at radius 3 is 2.76 bits per heavy atom. The normalized spacial score (nSPS) is 10.4. The van der Waals surface area contributed by atoms with Crippen molar-refractivity contribution in [1.29, 1.82) is 0 Å². The van der Waals surface area contributed by atoms with Crippen molar-refractivity contribution in [2.75, 3.05) is 7.05 Å². The third kappa shape index (κ3) is 3.35. The predicted molar refractivity (Wildman–Crippen MR) is 79.6 cm³/mol. The summed E-state index contributed by atoms with van der Waals surface area (Å²) in [5.41, 5.74) is 2.28. The average molecular weight is 287 g/mol. The van der Waals surface area contributed by atoms with Crippen molar-refractivity contribution in [2.45, 2.75) is 20.4 Å². The van der Waals surface area contributed by atoms with Crippen LogP contribution in [-0.2, 0) is 6.54 Å². The lowest BCUT2D eigenvalue weighted by molar-refractivity contribution is -0.385. The van der Waals surface area contributed by atoms with E-state index in [1.807, 2.05) is 19.2 Å². The highest BCUT2D eigenvalue weighted by molar-refractivity contribution is 5.50. The highest BCUT2D eigenvalue weighted by Gasteiger charge is 2.15. The van der Waals surface area contributed by atoms with Crippen molar-refractivity contribution in [3.63, 3.8) is 0 Å². The van der Waals surface area contributed by atoms with E-state index < -0.39 is 0 Å². The first-order chi connectivity index (χ1) is 10.0. The summed E-state index contributed by atoms with van der Waals surface area (Å²) in [6.45, 7) is 4.11. The second-order valence-corrected chi connectivity index (χ2v) is 4.76. The maximum absolute atomic E-state index is 10.9. The molecule has 1 N–H and O–H groups in total. The van der Waals surface area contributed by atoms with E-state index in [1.165, 1.54) is 6.07 Å². The van der Waals surface area contributed by atoms with E-state index >= 15 is 0 Å². The summed E-state index contributed by atoms with van der Waals surface area (Å²) in [4.78, 5) is 14.8. The minimum Gasteiger partial charge on any atom is -0.438 e. The zero-order valence-corrected chi connectivity index (χ0v) is 12.2. The summed E-state index contributed by atoms with van der Waals surface area (Å²) in [7, 11) is 1.85. The van der Waals surface area contributed by atoms with Crippen molar-refractivity contribution in [1.82, 2.24) is 10.3 Å². The smallest absolute Gasteiger partial charge is 0.272 e. The molecule has 0 aliphatic carbocycles. The van der Waals surface area contributed by atoms with Crippen LogP contribution in [0.2, 0.25) is 0 Å². The van der Waals surface area contributed by atoms with E-state index in [0.717, 1.165) is 5.56 Å². The van der Waals surface area contributed by atoms with Crippen LogP contribution >= 0.6 is 0 Å². The summed E-state index contributed by atoms with van der Waals surface area (Å²) in [6, 6.07) is 6.95. The fourth-order valence-electron chi connectivity index (χ4n) is 2.03. The average Bonchev–Trinajstić information content (AvgIpc) is 2.44. The Balaban J connectivity index is 2.36. The van der Waals surface area contributed by atoms with Crippen LogP contribution in [0.4, 0.5) is 5.69 Å². The number of hydrogen-bond donors (Lipinski definition) is 1.